The maximum absolute atomic E-state index is 13.1. The number of ether oxygens (including phenoxy) is 3. The van der Waals surface area contributed by atoms with Gasteiger partial charge < -0.3 is 19.5 Å². The maximum atomic E-state index is 13.1. The molecule has 0 aliphatic carbocycles. The second-order valence-corrected chi connectivity index (χ2v) is 6.14. The summed E-state index contributed by atoms with van der Waals surface area (Å²) >= 11 is 0. The lowest BCUT2D eigenvalue weighted by Crippen LogP contribution is -2.35. The molecule has 154 valence electrons. The van der Waals surface area contributed by atoms with Gasteiger partial charge in [0.2, 0.25) is 5.88 Å². The molecule has 2 amide bonds. The van der Waals surface area contributed by atoms with Gasteiger partial charge in [0.1, 0.15) is 18.2 Å². The minimum atomic E-state index is -0.473. The average molecular weight is 403 g/mol. The second-order valence-electron chi connectivity index (χ2n) is 6.14. The molecule has 0 saturated heterocycles. The van der Waals surface area contributed by atoms with Crippen molar-refractivity contribution >= 4 is 22.8 Å². The van der Waals surface area contributed by atoms with Crippen LogP contribution in [-0.4, -0.2) is 55.3 Å². The first-order chi connectivity index (χ1) is 14.1. The molecule has 2 aromatic heterocycles. The van der Waals surface area contributed by atoms with Gasteiger partial charge in [0.25, 0.3) is 0 Å². The summed E-state index contributed by atoms with van der Waals surface area (Å²) in [4.78, 5) is 16.6. The minimum Gasteiger partial charge on any atom is -0.474 e. The van der Waals surface area contributed by atoms with Crippen molar-refractivity contribution in [2.75, 3.05) is 39.4 Å². The number of H-pyrrole nitrogens is 1. The second kappa shape index (κ2) is 9.80. The summed E-state index contributed by atoms with van der Waals surface area (Å²) in [5, 5.41) is 13.1. The van der Waals surface area contributed by atoms with E-state index in [2.05, 4.69) is 25.8 Å². The van der Waals surface area contributed by atoms with Gasteiger partial charge in [-0.1, -0.05) is 12.1 Å². The summed E-state index contributed by atoms with van der Waals surface area (Å²) < 4.78 is 28.7. The normalized spacial score (nSPS) is 12.0. The van der Waals surface area contributed by atoms with Gasteiger partial charge in [-0.3, -0.25) is 10.4 Å². The standard InChI is InChI=1S/C19H22FN5O4/c1-27-7-8-29-18-14-10-21-17(9-15(14)24-25-18)23-19(26)22-16(11-28-2)12-3-5-13(20)6-4-12/h3-6,9-10,16H,7-8,11H2,1-2H3,(H,24,25)(H2,21,22,23,26). The molecule has 3 N–H and O–H groups in total. The van der Waals surface area contributed by atoms with Crippen LogP contribution in [0.25, 0.3) is 10.9 Å². The smallest absolute Gasteiger partial charge is 0.320 e. The molecule has 0 bridgehead atoms. The van der Waals surface area contributed by atoms with Crippen molar-refractivity contribution in [2.45, 2.75) is 6.04 Å². The van der Waals surface area contributed by atoms with E-state index in [0.29, 0.717) is 35.8 Å². The van der Waals surface area contributed by atoms with Crippen LogP contribution in [0.2, 0.25) is 0 Å². The lowest BCUT2D eigenvalue weighted by Gasteiger charge is -2.18. The number of benzene rings is 1. The number of aromatic nitrogens is 3. The number of carbonyl (C=O) groups is 1. The van der Waals surface area contributed by atoms with Gasteiger partial charge in [0.15, 0.2) is 0 Å². The number of amides is 2. The fourth-order valence-corrected chi connectivity index (χ4v) is 2.68. The Hall–Kier alpha value is -3.24. The highest BCUT2D eigenvalue weighted by molar-refractivity contribution is 5.92. The number of hydrogen-bond donors (Lipinski definition) is 3. The van der Waals surface area contributed by atoms with Gasteiger partial charge in [-0.25, -0.2) is 14.2 Å². The number of nitrogens with one attached hydrogen (secondary N) is 3. The molecule has 0 radical (unpaired) electrons. The Morgan fingerprint density at radius 2 is 2.00 bits per heavy atom. The number of carbonyl (C=O) groups excluding carboxylic acids is 1. The largest absolute Gasteiger partial charge is 0.474 e. The SMILES string of the molecule is COCCOc1n[nH]c2cc(NC(=O)NC(COC)c3ccc(F)cc3)ncc12. The highest BCUT2D eigenvalue weighted by atomic mass is 19.1. The van der Waals surface area contributed by atoms with E-state index in [4.69, 9.17) is 14.2 Å². The summed E-state index contributed by atoms with van der Waals surface area (Å²) in [6, 6.07) is 6.58. The van der Waals surface area contributed by atoms with Crippen LogP contribution in [0, 0.1) is 5.82 Å². The molecule has 3 aromatic rings. The van der Waals surface area contributed by atoms with Crippen LogP contribution >= 0.6 is 0 Å². The van der Waals surface area contributed by atoms with Crippen molar-refractivity contribution in [1.82, 2.24) is 20.5 Å². The Morgan fingerprint density at radius 3 is 2.72 bits per heavy atom. The predicted molar refractivity (Wildman–Crippen MR) is 104 cm³/mol. The van der Waals surface area contributed by atoms with E-state index in [-0.39, 0.29) is 12.4 Å². The quantitative estimate of drug-likeness (QED) is 0.474. The summed E-state index contributed by atoms with van der Waals surface area (Å²) in [6.45, 7) is 1.04. The Labute approximate surface area is 166 Å². The topological polar surface area (TPSA) is 110 Å². The number of anilines is 1. The molecule has 10 heteroatoms. The number of urea groups is 1. The van der Waals surface area contributed by atoms with E-state index in [9.17, 15) is 9.18 Å². The Balaban J connectivity index is 1.65. The van der Waals surface area contributed by atoms with Crippen LogP contribution in [0.4, 0.5) is 15.0 Å². The van der Waals surface area contributed by atoms with Crippen LogP contribution < -0.4 is 15.4 Å². The van der Waals surface area contributed by atoms with Crippen LogP contribution in [-0.2, 0) is 9.47 Å². The molecule has 9 nitrogen and oxygen atoms in total. The third kappa shape index (κ3) is 5.39. The third-order valence-corrected chi connectivity index (χ3v) is 4.09. The monoisotopic (exact) mass is 403 g/mol. The number of aromatic amines is 1. The van der Waals surface area contributed by atoms with E-state index >= 15 is 0 Å². The number of halogens is 1. The van der Waals surface area contributed by atoms with Gasteiger partial charge in [0, 0.05) is 26.5 Å². The van der Waals surface area contributed by atoms with E-state index in [1.807, 2.05) is 0 Å². The maximum Gasteiger partial charge on any atom is 0.320 e. The van der Waals surface area contributed by atoms with E-state index < -0.39 is 12.1 Å². The Kier molecular flexibility index (Phi) is 6.93. The molecule has 1 atom stereocenters. The molecule has 3 rings (SSSR count). The zero-order valence-electron chi connectivity index (χ0n) is 16.1. The highest BCUT2D eigenvalue weighted by Crippen LogP contribution is 2.23. The van der Waals surface area contributed by atoms with E-state index in [1.165, 1.54) is 19.2 Å². The minimum absolute atomic E-state index is 0.230. The van der Waals surface area contributed by atoms with Gasteiger partial charge >= 0.3 is 6.03 Å². The molecule has 1 aromatic carbocycles. The van der Waals surface area contributed by atoms with Crippen molar-refractivity contribution in [3.05, 3.63) is 47.9 Å². The Morgan fingerprint density at radius 1 is 1.21 bits per heavy atom. The summed E-state index contributed by atoms with van der Waals surface area (Å²) in [5.41, 5.74) is 1.38. The van der Waals surface area contributed by atoms with E-state index in [1.54, 1.807) is 31.5 Å². The van der Waals surface area contributed by atoms with Crippen LogP contribution in [0.15, 0.2) is 36.5 Å². The molecule has 29 heavy (non-hydrogen) atoms. The van der Waals surface area contributed by atoms with Crippen LogP contribution in [0.3, 0.4) is 0 Å². The first-order valence-corrected chi connectivity index (χ1v) is 8.88. The molecule has 1 unspecified atom stereocenters. The number of hydrogen-bond acceptors (Lipinski definition) is 6. The number of nitrogens with zero attached hydrogens (tertiary/aromatic N) is 2. The van der Waals surface area contributed by atoms with Crippen molar-refractivity contribution < 1.29 is 23.4 Å². The fourth-order valence-electron chi connectivity index (χ4n) is 2.68. The number of methoxy groups -OCH3 is 2. The predicted octanol–water partition coefficient (Wildman–Crippen LogP) is 2.63. The van der Waals surface area contributed by atoms with Crippen LogP contribution in [0.5, 0.6) is 5.88 Å². The lowest BCUT2D eigenvalue weighted by atomic mass is 10.1. The van der Waals surface area contributed by atoms with Crippen molar-refractivity contribution in [3.8, 4) is 5.88 Å². The summed E-state index contributed by atoms with van der Waals surface area (Å²) in [7, 11) is 3.11. The summed E-state index contributed by atoms with van der Waals surface area (Å²) in [5.74, 6) is 0.395. The lowest BCUT2D eigenvalue weighted by molar-refractivity contribution is 0.144. The Bertz CT molecular complexity index is 947. The van der Waals surface area contributed by atoms with Crippen LogP contribution in [0.1, 0.15) is 11.6 Å². The molecule has 0 spiro atoms. The third-order valence-electron chi connectivity index (χ3n) is 4.09. The first kappa shape index (κ1) is 20.5. The molecule has 2 heterocycles. The number of fused-ring (bicyclic) bond motifs is 1. The van der Waals surface area contributed by atoms with Crippen molar-refractivity contribution in [1.29, 1.82) is 0 Å². The summed E-state index contributed by atoms with van der Waals surface area (Å²) in [6.07, 6.45) is 1.56. The highest BCUT2D eigenvalue weighted by Gasteiger charge is 2.16. The van der Waals surface area contributed by atoms with Gasteiger partial charge in [0.05, 0.1) is 30.2 Å². The average Bonchev–Trinajstić information content (AvgIpc) is 3.11. The molecule has 0 aliphatic heterocycles. The van der Waals surface area contributed by atoms with Gasteiger partial charge in [-0.05, 0) is 17.7 Å². The van der Waals surface area contributed by atoms with E-state index in [0.717, 1.165) is 5.56 Å². The fraction of sp³-hybridized carbons (Fsp3) is 0.316. The van der Waals surface area contributed by atoms with Gasteiger partial charge in [-0.15, -0.1) is 5.10 Å². The number of rotatable bonds is 9. The molecular formula is C19H22FN5O4. The molecule has 0 saturated carbocycles. The molecule has 0 fully saturated rings. The zero-order chi connectivity index (χ0) is 20.6. The van der Waals surface area contributed by atoms with Gasteiger partial charge in [-0.2, -0.15) is 0 Å². The number of pyridine rings is 1. The molecule has 0 aliphatic rings. The van der Waals surface area contributed by atoms with Crippen molar-refractivity contribution in [2.24, 2.45) is 0 Å². The molecular weight excluding hydrogens is 381 g/mol. The zero-order valence-corrected chi connectivity index (χ0v) is 16.1. The first-order valence-electron chi connectivity index (χ1n) is 8.88. The van der Waals surface area contributed by atoms with Crippen molar-refractivity contribution in [3.63, 3.8) is 0 Å².